The molecule has 0 aliphatic carbocycles. The molecule has 0 unspecified atom stereocenters. The van der Waals surface area contributed by atoms with Crippen molar-refractivity contribution >= 4 is 69.8 Å². The van der Waals surface area contributed by atoms with Gasteiger partial charge >= 0.3 is 0 Å². The number of anilines is 1. The Bertz CT molecular complexity index is 746. The molecule has 0 saturated heterocycles. The minimum Gasteiger partial charge on any atom is -0.360 e. The molecule has 0 saturated carbocycles. The highest BCUT2D eigenvalue weighted by Gasteiger charge is 2.13. The molecule has 5 nitrogen and oxygen atoms in total. The predicted molar refractivity (Wildman–Crippen MR) is 115 cm³/mol. The number of carbonyl (C=O) groups is 1. The molecule has 3 rings (SSSR count). The first-order chi connectivity index (χ1) is 11.2. The first-order valence-corrected chi connectivity index (χ1v) is 9.07. The summed E-state index contributed by atoms with van der Waals surface area (Å²) < 4.78 is 1.15. The highest BCUT2D eigenvalue weighted by atomic mass is 35.5. The van der Waals surface area contributed by atoms with Gasteiger partial charge in [0.15, 0.2) is 5.13 Å². The van der Waals surface area contributed by atoms with E-state index in [2.05, 4.69) is 15.6 Å². The van der Waals surface area contributed by atoms with Crippen LogP contribution in [0.2, 0.25) is 0 Å². The van der Waals surface area contributed by atoms with E-state index in [0.29, 0.717) is 19.5 Å². The minimum atomic E-state index is -0.504. The van der Waals surface area contributed by atoms with E-state index >= 15 is 0 Å². The first kappa shape index (κ1) is 21.7. The van der Waals surface area contributed by atoms with E-state index in [-0.39, 0.29) is 31.8 Å². The zero-order chi connectivity index (χ0) is 16.1. The number of nitrogens with two attached hydrogens (primary N) is 1. The predicted octanol–water partition coefficient (Wildman–Crippen LogP) is 2.99. The lowest BCUT2D eigenvalue weighted by molar-refractivity contribution is -0.122. The Balaban J connectivity index is 0.00000156. The Kier molecular flexibility index (Phi) is 9.23. The number of hydrogen-bond donors (Lipinski definition) is 3. The number of thiazole rings is 1. The summed E-state index contributed by atoms with van der Waals surface area (Å²) in [6.07, 6.45) is 0.578. The van der Waals surface area contributed by atoms with Crippen LogP contribution in [0.3, 0.4) is 0 Å². The number of thiophene rings is 1. The second-order valence-corrected chi connectivity index (χ2v) is 7.16. The molecule has 1 aromatic carbocycles. The van der Waals surface area contributed by atoms with Crippen LogP contribution in [0.25, 0.3) is 10.2 Å². The van der Waals surface area contributed by atoms with E-state index in [9.17, 15) is 4.79 Å². The normalized spacial score (nSPS) is 11.2. The van der Waals surface area contributed by atoms with Crippen molar-refractivity contribution in [1.82, 2.24) is 10.3 Å². The number of rotatable bonds is 7. The number of aromatic nitrogens is 1. The molecule has 0 aliphatic heterocycles. The molecule has 1 amide bonds. The van der Waals surface area contributed by atoms with Crippen molar-refractivity contribution < 1.29 is 4.79 Å². The van der Waals surface area contributed by atoms with E-state index in [1.54, 1.807) is 22.7 Å². The molecule has 4 N–H and O–H groups in total. The van der Waals surface area contributed by atoms with Crippen molar-refractivity contribution in [3.63, 3.8) is 0 Å². The number of fused-ring (bicyclic) bond motifs is 1. The molecule has 3 aromatic rings. The summed E-state index contributed by atoms with van der Waals surface area (Å²) in [5, 5.41) is 8.93. The molecule has 2 heterocycles. The fraction of sp³-hybridized carbons (Fsp3) is 0.250. The zero-order valence-electron chi connectivity index (χ0n) is 13.4. The second-order valence-electron chi connectivity index (χ2n) is 5.09. The van der Waals surface area contributed by atoms with Crippen LogP contribution < -0.4 is 16.4 Å². The Hall–Kier alpha value is -1.32. The van der Waals surface area contributed by atoms with E-state index in [4.69, 9.17) is 5.73 Å². The molecule has 0 radical (unpaired) electrons. The van der Waals surface area contributed by atoms with Crippen molar-refractivity contribution in [2.75, 3.05) is 18.4 Å². The second kappa shape index (κ2) is 10.6. The summed E-state index contributed by atoms with van der Waals surface area (Å²) >= 11 is 3.22. The third-order valence-corrected chi connectivity index (χ3v) is 5.23. The van der Waals surface area contributed by atoms with Crippen LogP contribution in [0.1, 0.15) is 4.88 Å². The van der Waals surface area contributed by atoms with E-state index in [1.807, 2.05) is 41.8 Å². The van der Waals surface area contributed by atoms with Crippen LogP contribution >= 0.6 is 48.6 Å². The highest BCUT2D eigenvalue weighted by molar-refractivity contribution is 7.59. The van der Waals surface area contributed by atoms with Crippen molar-refractivity contribution in [3.05, 3.63) is 46.7 Å². The average molecular weight is 417 g/mol. The lowest BCUT2D eigenvalue weighted by Gasteiger charge is -2.11. The van der Waals surface area contributed by atoms with Crippen LogP contribution in [0.5, 0.6) is 0 Å². The summed E-state index contributed by atoms with van der Waals surface area (Å²) in [5.41, 5.74) is 6.90. The summed E-state index contributed by atoms with van der Waals surface area (Å²) in [5.74, 6) is -0.121. The maximum atomic E-state index is 11.9. The van der Waals surface area contributed by atoms with Crippen molar-refractivity contribution in [2.45, 2.75) is 12.5 Å². The molecule has 2 aromatic heterocycles. The monoisotopic (exact) mass is 416 g/mol. The van der Waals surface area contributed by atoms with Gasteiger partial charge in [0.1, 0.15) is 0 Å². The Labute approximate surface area is 167 Å². The van der Waals surface area contributed by atoms with Gasteiger partial charge in [0.05, 0.1) is 16.3 Å². The molecule has 0 aliphatic rings. The maximum absolute atomic E-state index is 11.9. The van der Waals surface area contributed by atoms with Crippen LogP contribution in [-0.4, -0.2) is 30.0 Å². The van der Waals surface area contributed by atoms with Gasteiger partial charge in [-0.1, -0.05) is 29.5 Å². The maximum Gasteiger partial charge on any atom is 0.237 e. The van der Waals surface area contributed by atoms with Crippen molar-refractivity contribution in [3.8, 4) is 0 Å². The topological polar surface area (TPSA) is 80.0 Å². The third kappa shape index (κ3) is 6.16. The number of benzene rings is 1. The van der Waals surface area contributed by atoms with Gasteiger partial charge in [-0.3, -0.25) is 4.79 Å². The number of amides is 1. The average Bonchev–Trinajstić information content (AvgIpc) is 3.19. The molecule has 0 fully saturated rings. The number of carbonyl (C=O) groups excluding carboxylic acids is 1. The van der Waals surface area contributed by atoms with Gasteiger partial charge in [0.25, 0.3) is 0 Å². The Morgan fingerprint density at radius 2 is 2.00 bits per heavy atom. The third-order valence-electron chi connectivity index (χ3n) is 3.33. The SMILES string of the molecule is Cl.N[C@@H](Cc1cccs1)C(=O)NCCNc1nc2ccccc2s1.S. The largest absolute Gasteiger partial charge is 0.360 e. The number of para-hydroxylation sites is 1. The van der Waals surface area contributed by atoms with E-state index in [0.717, 1.165) is 20.2 Å². The highest BCUT2D eigenvalue weighted by Crippen LogP contribution is 2.24. The number of halogens is 1. The Morgan fingerprint density at radius 1 is 1.20 bits per heavy atom. The molecule has 25 heavy (non-hydrogen) atoms. The molecular weight excluding hydrogens is 396 g/mol. The fourth-order valence-corrected chi connectivity index (χ4v) is 3.83. The van der Waals surface area contributed by atoms with Gasteiger partial charge in [-0.2, -0.15) is 13.5 Å². The van der Waals surface area contributed by atoms with Gasteiger partial charge in [0, 0.05) is 24.4 Å². The van der Waals surface area contributed by atoms with Gasteiger partial charge < -0.3 is 16.4 Å². The molecule has 1 atom stereocenters. The summed E-state index contributed by atoms with van der Waals surface area (Å²) in [6, 6.07) is 11.5. The van der Waals surface area contributed by atoms with Gasteiger partial charge in [0.2, 0.25) is 5.91 Å². The number of nitrogens with one attached hydrogen (secondary N) is 2. The fourth-order valence-electron chi connectivity index (χ4n) is 2.17. The van der Waals surface area contributed by atoms with E-state index in [1.165, 1.54) is 0 Å². The number of nitrogens with zero attached hydrogens (tertiary/aromatic N) is 1. The van der Waals surface area contributed by atoms with Crippen molar-refractivity contribution in [2.24, 2.45) is 5.73 Å². The van der Waals surface area contributed by atoms with Gasteiger partial charge in [-0.15, -0.1) is 23.7 Å². The van der Waals surface area contributed by atoms with E-state index < -0.39 is 6.04 Å². The lowest BCUT2D eigenvalue weighted by Crippen LogP contribution is -2.43. The summed E-state index contributed by atoms with van der Waals surface area (Å²) in [7, 11) is 0. The number of hydrogen-bond acceptors (Lipinski definition) is 6. The van der Waals surface area contributed by atoms with Gasteiger partial charge in [-0.05, 0) is 23.6 Å². The smallest absolute Gasteiger partial charge is 0.237 e. The first-order valence-electron chi connectivity index (χ1n) is 7.37. The van der Waals surface area contributed by atoms with Crippen LogP contribution in [-0.2, 0) is 11.2 Å². The van der Waals surface area contributed by atoms with Gasteiger partial charge in [-0.25, -0.2) is 4.98 Å². The van der Waals surface area contributed by atoms with Crippen LogP contribution in [0.15, 0.2) is 41.8 Å². The van der Waals surface area contributed by atoms with Crippen LogP contribution in [0, 0.1) is 0 Å². The molecule has 0 bridgehead atoms. The summed E-state index contributed by atoms with van der Waals surface area (Å²) in [6.45, 7) is 1.14. The Morgan fingerprint density at radius 3 is 2.72 bits per heavy atom. The standard InChI is InChI=1S/C16H18N4OS2.ClH.H2S/c17-12(10-11-4-3-9-22-11)15(21)18-7-8-19-16-20-13-5-1-2-6-14(13)23-16;;/h1-6,9,12H,7-8,10,17H2,(H,18,21)(H,19,20);1H;1H2/t12-;;/m0../s1. The molecule has 0 spiro atoms. The lowest BCUT2D eigenvalue weighted by atomic mass is 10.2. The van der Waals surface area contributed by atoms with Crippen LogP contribution in [0.4, 0.5) is 5.13 Å². The van der Waals surface area contributed by atoms with Crippen molar-refractivity contribution in [1.29, 1.82) is 0 Å². The molecule has 136 valence electrons. The quantitative estimate of drug-likeness (QED) is 0.517. The minimum absolute atomic E-state index is 0. The molecular formula is C16H21ClN4OS3. The zero-order valence-corrected chi connectivity index (χ0v) is 16.8. The molecule has 9 heteroatoms. The summed E-state index contributed by atoms with van der Waals surface area (Å²) in [4.78, 5) is 17.6.